The lowest BCUT2D eigenvalue weighted by Crippen LogP contribution is -2.46. The number of hydrogen-bond acceptors (Lipinski definition) is 4. The topological polar surface area (TPSA) is 49.4 Å². The van der Waals surface area contributed by atoms with Crippen LogP contribution in [0.25, 0.3) is 0 Å². The molecular formula is C13H26N2O2S. The van der Waals surface area contributed by atoms with Gasteiger partial charge in [-0.25, -0.2) is 8.42 Å². The third kappa shape index (κ3) is 3.45. The molecule has 4 nitrogen and oxygen atoms in total. The van der Waals surface area contributed by atoms with Crippen LogP contribution in [-0.4, -0.2) is 56.5 Å². The van der Waals surface area contributed by atoms with Crippen LogP contribution in [0, 0.1) is 5.92 Å². The second-order valence-electron chi connectivity index (χ2n) is 5.78. The van der Waals surface area contributed by atoms with Crippen LogP contribution in [0.4, 0.5) is 0 Å². The van der Waals surface area contributed by atoms with Gasteiger partial charge in [-0.15, -0.1) is 0 Å². The SMILES string of the molecule is CCNC(C)C1CCN(C2CCS(=O)(=O)C2)CC1. The van der Waals surface area contributed by atoms with Crippen molar-refractivity contribution in [1.29, 1.82) is 0 Å². The molecule has 0 radical (unpaired) electrons. The Kier molecular flexibility index (Phi) is 4.67. The predicted molar refractivity (Wildman–Crippen MR) is 74.5 cm³/mol. The fourth-order valence-corrected chi connectivity index (χ4v) is 5.10. The maximum atomic E-state index is 11.5. The molecule has 0 aromatic rings. The molecule has 2 rings (SSSR count). The first-order valence-corrected chi connectivity index (χ1v) is 9.02. The lowest BCUT2D eigenvalue weighted by atomic mass is 9.89. The molecule has 18 heavy (non-hydrogen) atoms. The van der Waals surface area contributed by atoms with Gasteiger partial charge in [-0.3, -0.25) is 4.90 Å². The van der Waals surface area contributed by atoms with Crippen molar-refractivity contribution >= 4 is 9.84 Å². The molecule has 2 fully saturated rings. The van der Waals surface area contributed by atoms with Gasteiger partial charge in [0.05, 0.1) is 11.5 Å². The summed E-state index contributed by atoms with van der Waals surface area (Å²) < 4.78 is 23.0. The zero-order chi connectivity index (χ0) is 13.2. The third-order valence-corrected chi connectivity index (χ3v) is 6.28. The van der Waals surface area contributed by atoms with E-state index < -0.39 is 9.84 Å². The average molecular weight is 274 g/mol. The van der Waals surface area contributed by atoms with Crippen molar-refractivity contribution in [2.75, 3.05) is 31.1 Å². The first-order valence-electron chi connectivity index (χ1n) is 7.19. The molecule has 0 spiro atoms. The molecule has 2 atom stereocenters. The van der Waals surface area contributed by atoms with Gasteiger partial charge < -0.3 is 5.32 Å². The van der Waals surface area contributed by atoms with Gasteiger partial charge in [-0.2, -0.15) is 0 Å². The number of rotatable bonds is 4. The zero-order valence-corrected chi connectivity index (χ0v) is 12.4. The first kappa shape index (κ1) is 14.3. The molecule has 2 saturated heterocycles. The molecule has 0 bridgehead atoms. The monoisotopic (exact) mass is 274 g/mol. The Bertz CT molecular complexity index is 361. The Hall–Kier alpha value is -0.130. The third-order valence-electron chi connectivity index (χ3n) is 4.53. The van der Waals surface area contributed by atoms with Gasteiger partial charge in [0.15, 0.2) is 9.84 Å². The fourth-order valence-electron chi connectivity index (χ4n) is 3.34. The summed E-state index contributed by atoms with van der Waals surface area (Å²) in [5.41, 5.74) is 0. The van der Waals surface area contributed by atoms with E-state index in [1.54, 1.807) is 0 Å². The van der Waals surface area contributed by atoms with Gasteiger partial charge in [0, 0.05) is 12.1 Å². The van der Waals surface area contributed by atoms with E-state index in [0.29, 0.717) is 23.6 Å². The van der Waals surface area contributed by atoms with Crippen LogP contribution >= 0.6 is 0 Å². The average Bonchev–Trinajstić information content (AvgIpc) is 2.70. The van der Waals surface area contributed by atoms with Gasteiger partial charge >= 0.3 is 0 Å². The van der Waals surface area contributed by atoms with Crippen LogP contribution in [0.2, 0.25) is 0 Å². The Labute approximate surface area is 111 Å². The summed E-state index contributed by atoms with van der Waals surface area (Å²) >= 11 is 0. The summed E-state index contributed by atoms with van der Waals surface area (Å²) in [7, 11) is -2.74. The molecule has 1 N–H and O–H groups in total. The smallest absolute Gasteiger partial charge is 0.151 e. The van der Waals surface area contributed by atoms with Crippen molar-refractivity contribution in [3.05, 3.63) is 0 Å². The van der Waals surface area contributed by atoms with E-state index in [4.69, 9.17) is 0 Å². The number of sulfone groups is 1. The van der Waals surface area contributed by atoms with E-state index in [-0.39, 0.29) is 0 Å². The van der Waals surface area contributed by atoms with E-state index in [9.17, 15) is 8.42 Å². The molecule has 2 heterocycles. The second kappa shape index (κ2) is 5.88. The van der Waals surface area contributed by atoms with Crippen LogP contribution in [0.5, 0.6) is 0 Å². The van der Waals surface area contributed by atoms with Crippen LogP contribution in [0.3, 0.4) is 0 Å². The standard InChI is InChI=1S/C13H26N2O2S/c1-3-14-11(2)12-4-7-15(8-5-12)13-6-9-18(16,17)10-13/h11-14H,3-10H2,1-2H3. The molecule has 106 valence electrons. The van der Waals surface area contributed by atoms with Gasteiger partial charge in [-0.05, 0) is 51.7 Å². The quantitative estimate of drug-likeness (QED) is 0.827. The van der Waals surface area contributed by atoms with Crippen LogP contribution in [0.15, 0.2) is 0 Å². The largest absolute Gasteiger partial charge is 0.314 e. The molecule has 5 heteroatoms. The normalized spacial score (nSPS) is 31.6. The molecule has 0 aliphatic carbocycles. The van der Waals surface area contributed by atoms with Crippen molar-refractivity contribution in [3.8, 4) is 0 Å². The van der Waals surface area contributed by atoms with Crippen molar-refractivity contribution < 1.29 is 8.42 Å². The number of likely N-dealkylation sites (tertiary alicyclic amines) is 1. The summed E-state index contributed by atoms with van der Waals surface area (Å²) in [6, 6.07) is 0.884. The van der Waals surface area contributed by atoms with E-state index in [1.807, 2.05) is 0 Å². The van der Waals surface area contributed by atoms with E-state index in [0.717, 1.165) is 32.0 Å². The van der Waals surface area contributed by atoms with Gasteiger partial charge in [0.2, 0.25) is 0 Å². The Morgan fingerprint density at radius 1 is 1.28 bits per heavy atom. The fraction of sp³-hybridized carbons (Fsp3) is 1.00. The lowest BCUT2D eigenvalue weighted by Gasteiger charge is -2.37. The van der Waals surface area contributed by atoms with Crippen LogP contribution in [0.1, 0.15) is 33.1 Å². The zero-order valence-electron chi connectivity index (χ0n) is 11.6. The predicted octanol–water partition coefficient (Wildman–Crippen LogP) is 0.884. The maximum Gasteiger partial charge on any atom is 0.151 e. The summed E-state index contributed by atoms with van der Waals surface area (Å²) in [4.78, 5) is 2.40. The molecule has 0 aromatic heterocycles. The highest BCUT2D eigenvalue weighted by Crippen LogP contribution is 2.26. The van der Waals surface area contributed by atoms with Crippen molar-refractivity contribution in [2.45, 2.75) is 45.2 Å². The number of piperidine rings is 1. The van der Waals surface area contributed by atoms with Crippen LogP contribution < -0.4 is 5.32 Å². The molecule has 0 aromatic carbocycles. The Morgan fingerprint density at radius 3 is 2.44 bits per heavy atom. The van der Waals surface area contributed by atoms with Gasteiger partial charge in [0.1, 0.15) is 0 Å². The highest BCUT2D eigenvalue weighted by molar-refractivity contribution is 7.91. The number of nitrogens with zero attached hydrogens (tertiary/aromatic N) is 1. The minimum Gasteiger partial charge on any atom is -0.314 e. The van der Waals surface area contributed by atoms with Crippen molar-refractivity contribution in [3.63, 3.8) is 0 Å². The molecular weight excluding hydrogens is 248 g/mol. The summed E-state index contributed by atoms with van der Waals surface area (Å²) in [6.45, 7) is 7.59. The molecule has 2 aliphatic rings. The molecule has 0 saturated carbocycles. The lowest BCUT2D eigenvalue weighted by molar-refractivity contribution is 0.129. The number of nitrogens with one attached hydrogen (secondary N) is 1. The summed E-state index contributed by atoms with van der Waals surface area (Å²) in [5, 5.41) is 3.50. The number of hydrogen-bond donors (Lipinski definition) is 1. The minimum atomic E-state index is -2.74. The maximum absolute atomic E-state index is 11.5. The molecule has 2 unspecified atom stereocenters. The van der Waals surface area contributed by atoms with Crippen LogP contribution in [-0.2, 0) is 9.84 Å². The Morgan fingerprint density at radius 2 is 1.94 bits per heavy atom. The van der Waals surface area contributed by atoms with Gasteiger partial charge in [-0.1, -0.05) is 6.92 Å². The van der Waals surface area contributed by atoms with E-state index in [1.165, 1.54) is 12.8 Å². The van der Waals surface area contributed by atoms with E-state index in [2.05, 4.69) is 24.1 Å². The molecule has 2 aliphatic heterocycles. The summed E-state index contributed by atoms with van der Waals surface area (Å²) in [5.74, 6) is 1.53. The minimum absolute atomic E-state index is 0.297. The highest BCUT2D eigenvalue weighted by atomic mass is 32.2. The Balaban J connectivity index is 1.80. The van der Waals surface area contributed by atoms with E-state index >= 15 is 0 Å². The highest BCUT2D eigenvalue weighted by Gasteiger charge is 2.34. The van der Waals surface area contributed by atoms with Crippen molar-refractivity contribution in [2.24, 2.45) is 5.92 Å². The first-order chi connectivity index (χ1) is 8.52. The molecule has 0 amide bonds. The second-order valence-corrected chi connectivity index (χ2v) is 8.01. The van der Waals surface area contributed by atoms with Crippen molar-refractivity contribution in [1.82, 2.24) is 10.2 Å². The summed E-state index contributed by atoms with van der Waals surface area (Å²) in [6.07, 6.45) is 3.24. The van der Waals surface area contributed by atoms with Gasteiger partial charge in [0.25, 0.3) is 0 Å².